The molecule has 2 heterocycles. The maximum absolute atomic E-state index is 11.7. The molecule has 2 fully saturated rings. The summed E-state index contributed by atoms with van der Waals surface area (Å²) in [6.07, 6.45) is 5.76. The monoisotopic (exact) mass is 231 g/mol. The van der Waals surface area contributed by atoms with Crippen molar-refractivity contribution in [2.45, 2.75) is 38.1 Å². The largest absolute Gasteiger partial charge is 0.412 e. The molecule has 2 saturated heterocycles. The lowest BCUT2D eigenvalue weighted by Crippen LogP contribution is -2.61. The Morgan fingerprint density at radius 1 is 1.13 bits per heavy atom. The highest BCUT2D eigenvalue weighted by atomic mass is 35.5. The summed E-state index contributed by atoms with van der Waals surface area (Å²) in [4.78, 5) is 11.7. The van der Waals surface area contributed by atoms with Crippen molar-refractivity contribution in [2.24, 2.45) is 0 Å². The first-order valence-corrected chi connectivity index (χ1v) is 6.41. The summed E-state index contributed by atoms with van der Waals surface area (Å²) < 4.78 is 0.559. The average Bonchev–Trinajstić information content (AvgIpc) is 2.31. The molecule has 0 saturated carbocycles. The first-order valence-electron chi connectivity index (χ1n) is 6.03. The second kappa shape index (κ2) is 4.81. The van der Waals surface area contributed by atoms with E-state index in [4.69, 9.17) is 11.6 Å². The molecule has 1 N–H and O–H groups in total. The van der Waals surface area contributed by atoms with Crippen LogP contribution in [0.1, 0.15) is 32.1 Å². The number of nitrogens with one attached hydrogen (secondary N) is 1. The fourth-order valence-electron chi connectivity index (χ4n) is 3.06. The zero-order chi connectivity index (χ0) is 10.7. The molecular weight excluding hydrogens is 212 g/mol. The van der Waals surface area contributed by atoms with Gasteiger partial charge in [-0.1, -0.05) is 0 Å². The van der Waals surface area contributed by atoms with Crippen LogP contribution in [-0.4, -0.2) is 42.1 Å². The number of amides is 1. The van der Waals surface area contributed by atoms with E-state index in [9.17, 15) is 4.79 Å². The number of carbonyl (C=O) groups is 1. The van der Waals surface area contributed by atoms with Crippen LogP contribution in [0.4, 0.5) is 4.79 Å². The van der Waals surface area contributed by atoms with Crippen LogP contribution in [0.15, 0.2) is 0 Å². The van der Waals surface area contributed by atoms with E-state index in [0.29, 0.717) is 10.5 Å². The molecule has 0 bridgehead atoms. The highest BCUT2D eigenvalue weighted by molar-refractivity contribution is 6.60. The summed E-state index contributed by atoms with van der Waals surface area (Å²) in [6, 6.07) is 0.469. The van der Waals surface area contributed by atoms with Crippen molar-refractivity contribution in [3.05, 3.63) is 0 Å². The molecule has 2 rings (SSSR count). The maximum atomic E-state index is 11.7. The van der Waals surface area contributed by atoms with E-state index in [-0.39, 0.29) is 5.37 Å². The molecule has 4 heteroatoms. The number of rotatable bonds is 1. The zero-order valence-corrected chi connectivity index (χ0v) is 9.93. The molecule has 0 radical (unpaired) electrons. The zero-order valence-electron chi connectivity index (χ0n) is 9.17. The van der Waals surface area contributed by atoms with Crippen LogP contribution in [0.25, 0.3) is 0 Å². The molecule has 0 aromatic rings. The Kier molecular flexibility index (Phi) is 3.65. The van der Waals surface area contributed by atoms with E-state index in [1.54, 1.807) is 0 Å². The third-order valence-corrected chi connectivity index (χ3v) is 4.31. The van der Waals surface area contributed by atoms with Gasteiger partial charge in [-0.2, -0.15) is 0 Å². The molecule has 2 aliphatic heterocycles. The number of nitrogens with zero attached hydrogens (tertiary/aromatic N) is 1. The molecule has 86 valence electrons. The minimum absolute atomic E-state index is 0.124. The smallest absolute Gasteiger partial charge is 0.316 e. The van der Waals surface area contributed by atoms with Crippen molar-refractivity contribution in [2.75, 3.05) is 26.2 Å². The van der Waals surface area contributed by atoms with Gasteiger partial charge in [0.2, 0.25) is 0 Å². The molecule has 3 nitrogen and oxygen atoms in total. The predicted octanol–water partition coefficient (Wildman–Crippen LogP) is 2.10. The molecule has 15 heavy (non-hydrogen) atoms. The van der Waals surface area contributed by atoms with E-state index in [0.717, 1.165) is 51.9 Å². The van der Waals surface area contributed by atoms with E-state index in [1.165, 1.54) is 6.42 Å². The van der Waals surface area contributed by atoms with Gasteiger partial charge >= 0.3 is 5.37 Å². The number of hydrogen-bond donors (Lipinski definition) is 1. The van der Waals surface area contributed by atoms with Crippen molar-refractivity contribution in [3.63, 3.8) is 0 Å². The second-order valence-electron chi connectivity index (χ2n) is 4.78. The van der Waals surface area contributed by atoms with E-state index >= 15 is 0 Å². The fraction of sp³-hybridized carbons (Fsp3) is 0.909. The average molecular weight is 232 g/mol. The van der Waals surface area contributed by atoms with E-state index < -0.39 is 0 Å². The predicted molar refractivity (Wildman–Crippen MR) is 61.0 cm³/mol. The number of carbonyl (C=O) groups excluding carboxylic acids is 1. The number of piperidine rings is 2. The van der Waals surface area contributed by atoms with Crippen LogP contribution < -0.4 is 5.32 Å². The van der Waals surface area contributed by atoms with Crippen LogP contribution in [0.2, 0.25) is 0 Å². The Hall–Kier alpha value is -0.120. The van der Waals surface area contributed by atoms with Gasteiger partial charge in [0.1, 0.15) is 0 Å². The molecule has 0 unspecified atom stereocenters. The Bertz CT molecular complexity index is 233. The van der Waals surface area contributed by atoms with Gasteiger partial charge in [-0.05, 0) is 19.3 Å². The van der Waals surface area contributed by atoms with E-state index in [1.807, 2.05) is 0 Å². The Labute approximate surface area is 96.4 Å². The second-order valence-corrected chi connectivity index (χ2v) is 5.10. The highest BCUT2D eigenvalue weighted by Crippen LogP contribution is 2.29. The van der Waals surface area contributed by atoms with Gasteiger partial charge < -0.3 is 5.32 Å². The van der Waals surface area contributed by atoms with Crippen molar-refractivity contribution >= 4 is 17.0 Å². The third kappa shape index (κ3) is 2.19. The summed E-state index contributed by atoms with van der Waals surface area (Å²) in [7, 11) is 0. The van der Waals surface area contributed by atoms with Crippen molar-refractivity contribution in [1.29, 1.82) is 0 Å². The number of halogens is 1. The lowest BCUT2D eigenvalue weighted by molar-refractivity contribution is -0.876. The van der Waals surface area contributed by atoms with Crippen molar-refractivity contribution in [3.8, 4) is 0 Å². The Morgan fingerprint density at radius 2 is 1.73 bits per heavy atom. The maximum Gasteiger partial charge on any atom is 0.412 e. The van der Waals surface area contributed by atoms with Crippen LogP contribution in [0, 0.1) is 0 Å². The van der Waals surface area contributed by atoms with Crippen molar-refractivity contribution < 1.29 is 9.28 Å². The van der Waals surface area contributed by atoms with Gasteiger partial charge in [-0.25, -0.2) is 9.28 Å². The van der Waals surface area contributed by atoms with Gasteiger partial charge in [0.25, 0.3) is 0 Å². The van der Waals surface area contributed by atoms with Crippen LogP contribution >= 0.6 is 11.6 Å². The molecule has 0 aromatic heterocycles. The minimum atomic E-state index is -0.124. The summed E-state index contributed by atoms with van der Waals surface area (Å²) in [5.74, 6) is 0. The van der Waals surface area contributed by atoms with Crippen LogP contribution in [0.5, 0.6) is 0 Å². The molecule has 0 aromatic carbocycles. The molecule has 0 spiro atoms. The molecular formula is C11H20ClN2O+. The molecule has 0 aliphatic carbocycles. The highest BCUT2D eigenvalue weighted by Gasteiger charge is 2.44. The number of likely N-dealkylation sites (tertiary alicyclic amines) is 1. The Balaban J connectivity index is 2.12. The number of hydrogen-bond acceptors (Lipinski definition) is 2. The SMILES string of the molecule is O=C(Cl)[N+]1(C2CCNCC2)CCCCC1. The van der Waals surface area contributed by atoms with Gasteiger partial charge in [0.15, 0.2) is 0 Å². The normalized spacial score (nSPS) is 27.5. The first-order chi connectivity index (χ1) is 7.26. The molecule has 1 amide bonds. The van der Waals surface area contributed by atoms with Crippen molar-refractivity contribution in [1.82, 2.24) is 5.32 Å². The summed E-state index contributed by atoms with van der Waals surface area (Å²) in [5.41, 5.74) is 0. The van der Waals surface area contributed by atoms with Crippen LogP contribution in [0.3, 0.4) is 0 Å². The summed E-state index contributed by atoms with van der Waals surface area (Å²) in [5, 5.41) is 3.22. The van der Waals surface area contributed by atoms with Gasteiger partial charge in [-0.15, -0.1) is 0 Å². The third-order valence-electron chi connectivity index (χ3n) is 3.97. The first kappa shape index (κ1) is 11.4. The van der Waals surface area contributed by atoms with Crippen LogP contribution in [-0.2, 0) is 0 Å². The lowest BCUT2D eigenvalue weighted by Gasteiger charge is -2.44. The fourth-order valence-corrected chi connectivity index (χ4v) is 3.37. The summed E-state index contributed by atoms with van der Waals surface area (Å²) in [6.45, 7) is 4.00. The standard InChI is InChI=1S/C11H20ClN2O/c12-11(15)14(8-2-1-3-9-14)10-4-6-13-7-5-10/h10,13H,1-9H2/q+1. The van der Waals surface area contributed by atoms with E-state index in [2.05, 4.69) is 5.32 Å². The topological polar surface area (TPSA) is 29.1 Å². The molecule has 2 aliphatic rings. The number of quaternary nitrogens is 1. The molecule has 0 atom stereocenters. The summed E-state index contributed by atoms with van der Waals surface area (Å²) >= 11 is 5.86. The van der Waals surface area contributed by atoms with Gasteiger partial charge in [0.05, 0.1) is 19.1 Å². The quantitative estimate of drug-likeness (QED) is 0.426. The van der Waals surface area contributed by atoms with Gasteiger partial charge in [-0.3, -0.25) is 0 Å². The van der Waals surface area contributed by atoms with Gasteiger partial charge in [0, 0.05) is 37.5 Å². The minimum Gasteiger partial charge on any atom is -0.316 e. The lowest BCUT2D eigenvalue weighted by atomic mass is 9.98. The Morgan fingerprint density at radius 3 is 2.27 bits per heavy atom.